The van der Waals surface area contributed by atoms with Gasteiger partial charge in [-0.1, -0.05) is 43.3 Å². The predicted octanol–water partition coefficient (Wildman–Crippen LogP) is 3.56. The second-order valence-corrected chi connectivity index (χ2v) is 11.2. The van der Waals surface area contributed by atoms with Gasteiger partial charge in [-0.3, -0.25) is 9.59 Å². The van der Waals surface area contributed by atoms with Crippen LogP contribution >= 0.6 is 11.3 Å². The van der Waals surface area contributed by atoms with E-state index < -0.39 is 23.6 Å². The maximum Gasteiger partial charge on any atom is 0.257 e. The molecule has 4 atom stereocenters. The van der Waals surface area contributed by atoms with Gasteiger partial charge in [-0.05, 0) is 37.8 Å². The van der Waals surface area contributed by atoms with Gasteiger partial charge in [0.2, 0.25) is 5.91 Å². The number of aliphatic imine (C=N–C) groups is 1. The Hall–Kier alpha value is -3.37. The highest BCUT2D eigenvalue weighted by atomic mass is 32.1. The Bertz CT molecular complexity index is 1360. The molecule has 2 aliphatic heterocycles. The zero-order chi connectivity index (χ0) is 26.5. The number of amides is 2. The molecule has 37 heavy (non-hydrogen) atoms. The Balaban J connectivity index is 1.43. The van der Waals surface area contributed by atoms with Gasteiger partial charge >= 0.3 is 0 Å². The van der Waals surface area contributed by atoms with Crippen LogP contribution in [0.5, 0.6) is 0 Å². The number of rotatable bonds is 6. The van der Waals surface area contributed by atoms with Crippen LogP contribution in [0.3, 0.4) is 0 Å². The standard InChI is InChI=1S/C27H31N5O4S/c1-14(2)22(21-10-15(3)31-36-21)25(34)32-12-19(33)11-20(32)24-29-26(35)27(5,30-24)18-8-6-17(7-9-18)23-16(4)28-13-37-23/h6-10,13-14,19-20,22,33H,11-12H2,1-5H3,(H,29,30,35)/t19-,20-,22-,27-/m1/s1. The molecule has 10 heteroatoms. The van der Waals surface area contributed by atoms with Crippen LogP contribution in [0.4, 0.5) is 0 Å². The normalized spacial score (nSPS) is 24.5. The van der Waals surface area contributed by atoms with Crippen molar-refractivity contribution in [3.8, 4) is 10.4 Å². The van der Waals surface area contributed by atoms with Crippen molar-refractivity contribution in [2.45, 2.75) is 64.6 Å². The SMILES string of the molecule is Cc1cc([C@H](C(=O)N2C[C@H](O)C[C@@H]2C2=N[C@](C)(c3ccc(-c4scnc4C)cc3)C(=O)N2)C(C)C)on1. The van der Waals surface area contributed by atoms with E-state index in [2.05, 4.69) is 15.5 Å². The van der Waals surface area contributed by atoms with E-state index >= 15 is 0 Å². The highest BCUT2D eigenvalue weighted by molar-refractivity contribution is 7.13. The first-order valence-corrected chi connectivity index (χ1v) is 13.3. The maximum absolute atomic E-state index is 13.8. The van der Waals surface area contributed by atoms with E-state index in [1.165, 1.54) is 0 Å². The summed E-state index contributed by atoms with van der Waals surface area (Å²) in [6.45, 7) is 9.61. The molecule has 2 amide bonds. The molecule has 1 saturated heterocycles. The van der Waals surface area contributed by atoms with E-state index in [9.17, 15) is 14.7 Å². The van der Waals surface area contributed by atoms with Crippen molar-refractivity contribution in [1.82, 2.24) is 20.4 Å². The largest absolute Gasteiger partial charge is 0.391 e. The molecule has 1 aromatic carbocycles. The molecule has 2 aromatic heterocycles. The second-order valence-electron chi connectivity index (χ2n) is 10.4. The fourth-order valence-corrected chi connectivity index (χ4v) is 6.01. The molecule has 2 N–H and O–H groups in total. The lowest BCUT2D eigenvalue weighted by Gasteiger charge is -2.29. The lowest BCUT2D eigenvalue weighted by Crippen LogP contribution is -2.48. The van der Waals surface area contributed by atoms with Gasteiger partial charge in [-0.15, -0.1) is 11.3 Å². The molecule has 4 heterocycles. The van der Waals surface area contributed by atoms with E-state index in [1.54, 1.807) is 29.2 Å². The Morgan fingerprint density at radius 2 is 2.00 bits per heavy atom. The first-order chi connectivity index (χ1) is 17.6. The van der Waals surface area contributed by atoms with E-state index in [0.29, 0.717) is 23.7 Å². The first-order valence-electron chi connectivity index (χ1n) is 12.4. The van der Waals surface area contributed by atoms with Crippen LogP contribution in [-0.2, 0) is 15.1 Å². The summed E-state index contributed by atoms with van der Waals surface area (Å²) in [5, 5.41) is 17.4. The minimum atomic E-state index is -1.14. The topological polar surface area (TPSA) is 121 Å². The molecule has 2 aliphatic rings. The van der Waals surface area contributed by atoms with Crippen molar-refractivity contribution >= 4 is 29.0 Å². The number of carbonyl (C=O) groups is 2. The molecule has 9 nitrogen and oxygen atoms in total. The fraction of sp³-hybridized carbons (Fsp3) is 0.444. The van der Waals surface area contributed by atoms with Gasteiger partial charge < -0.3 is 19.8 Å². The molecule has 3 aromatic rings. The molecule has 0 spiro atoms. The molecule has 5 rings (SSSR count). The Morgan fingerprint density at radius 3 is 2.59 bits per heavy atom. The number of hydrogen-bond acceptors (Lipinski definition) is 8. The predicted molar refractivity (Wildman–Crippen MR) is 140 cm³/mol. The molecule has 1 fully saturated rings. The quantitative estimate of drug-likeness (QED) is 0.512. The zero-order valence-electron chi connectivity index (χ0n) is 21.6. The van der Waals surface area contributed by atoms with E-state index in [-0.39, 0.29) is 24.3 Å². The number of thiazole rings is 1. The maximum atomic E-state index is 13.8. The number of β-amino-alcohol motifs (C(OH)–C–C–N with tert-alkyl or cyclic N) is 1. The van der Waals surface area contributed by atoms with E-state index in [4.69, 9.17) is 9.52 Å². The number of hydrogen-bond donors (Lipinski definition) is 2. The monoisotopic (exact) mass is 521 g/mol. The van der Waals surface area contributed by atoms with E-state index in [0.717, 1.165) is 21.7 Å². The summed E-state index contributed by atoms with van der Waals surface area (Å²) >= 11 is 1.57. The van der Waals surface area contributed by atoms with Crippen LogP contribution < -0.4 is 5.32 Å². The Morgan fingerprint density at radius 1 is 1.27 bits per heavy atom. The third kappa shape index (κ3) is 4.48. The lowest BCUT2D eigenvalue weighted by molar-refractivity contribution is -0.134. The summed E-state index contributed by atoms with van der Waals surface area (Å²) in [4.78, 5) is 38.8. The van der Waals surface area contributed by atoms with Gasteiger partial charge in [0.25, 0.3) is 5.91 Å². The minimum Gasteiger partial charge on any atom is -0.391 e. The summed E-state index contributed by atoms with van der Waals surface area (Å²) in [6, 6.07) is 9.00. The minimum absolute atomic E-state index is 0.0516. The van der Waals surface area contributed by atoms with Gasteiger partial charge in [0, 0.05) is 19.0 Å². The first kappa shape index (κ1) is 25.3. The number of benzene rings is 1. The molecule has 0 aliphatic carbocycles. The van der Waals surface area contributed by atoms with Gasteiger partial charge in [0.15, 0.2) is 5.54 Å². The average molecular weight is 522 g/mol. The highest BCUT2D eigenvalue weighted by Crippen LogP contribution is 2.36. The number of aryl methyl sites for hydroxylation is 2. The van der Waals surface area contributed by atoms with Crippen molar-refractivity contribution in [2.24, 2.45) is 10.9 Å². The van der Waals surface area contributed by atoms with Crippen molar-refractivity contribution in [3.05, 3.63) is 58.6 Å². The molecular formula is C27H31N5O4S. The van der Waals surface area contributed by atoms with Crippen LogP contribution in [0.15, 0.2) is 45.4 Å². The van der Waals surface area contributed by atoms with E-state index in [1.807, 2.05) is 57.5 Å². The number of likely N-dealkylation sites (tertiary alicyclic amines) is 1. The number of nitrogens with one attached hydrogen (secondary N) is 1. The molecule has 0 unspecified atom stereocenters. The highest BCUT2D eigenvalue weighted by Gasteiger charge is 2.48. The third-order valence-corrected chi connectivity index (χ3v) is 8.22. The fourth-order valence-electron chi connectivity index (χ4n) is 5.20. The zero-order valence-corrected chi connectivity index (χ0v) is 22.4. The molecule has 0 saturated carbocycles. The van der Waals surface area contributed by atoms with Crippen LogP contribution in [0, 0.1) is 19.8 Å². The smallest absolute Gasteiger partial charge is 0.257 e. The molecular weight excluding hydrogens is 490 g/mol. The molecule has 194 valence electrons. The van der Waals surface area contributed by atoms with Gasteiger partial charge in [-0.25, -0.2) is 9.98 Å². The van der Waals surface area contributed by atoms with Crippen molar-refractivity contribution in [1.29, 1.82) is 0 Å². The number of carbonyl (C=O) groups excluding carboxylic acids is 2. The van der Waals surface area contributed by atoms with Crippen LogP contribution in [0.2, 0.25) is 0 Å². The van der Waals surface area contributed by atoms with Gasteiger partial charge in [-0.2, -0.15) is 0 Å². The third-order valence-electron chi connectivity index (χ3n) is 7.25. The Kier molecular flexibility index (Phi) is 6.49. The van der Waals surface area contributed by atoms with Gasteiger partial charge in [0.05, 0.1) is 33.9 Å². The summed E-state index contributed by atoms with van der Waals surface area (Å²) in [5.41, 5.74) is 4.13. The summed E-state index contributed by atoms with van der Waals surface area (Å²) in [7, 11) is 0. The average Bonchev–Trinajstić information content (AvgIpc) is 3.62. The van der Waals surface area contributed by atoms with Crippen molar-refractivity contribution in [2.75, 3.05) is 6.54 Å². The number of nitrogens with zero attached hydrogens (tertiary/aromatic N) is 4. The number of aliphatic hydroxyl groups is 1. The van der Waals surface area contributed by atoms with Crippen molar-refractivity contribution < 1.29 is 19.2 Å². The number of amidine groups is 1. The lowest BCUT2D eigenvalue weighted by atomic mass is 9.91. The summed E-state index contributed by atoms with van der Waals surface area (Å²) < 4.78 is 5.44. The molecule has 0 bridgehead atoms. The van der Waals surface area contributed by atoms with Crippen LogP contribution in [-0.4, -0.2) is 56.5 Å². The van der Waals surface area contributed by atoms with Crippen LogP contribution in [0.1, 0.15) is 55.8 Å². The Labute approximate surface area is 219 Å². The molecule has 0 radical (unpaired) electrons. The van der Waals surface area contributed by atoms with Crippen molar-refractivity contribution in [3.63, 3.8) is 0 Å². The summed E-state index contributed by atoms with van der Waals surface area (Å²) in [6.07, 6.45) is -0.420. The van der Waals surface area contributed by atoms with Crippen LogP contribution in [0.25, 0.3) is 10.4 Å². The van der Waals surface area contributed by atoms with Gasteiger partial charge in [0.1, 0.15) is 17.5 Å². The number of aliphatic hydroxyl groups excluding tert-OH is 1. The second kappa shape index (κ2) is 9.50. The number of aromatic nitrogens is 2. The summed E-state index contributed by atoms with van der Waals surface area (Å²) in [5.74, 6) is -0.149.